The molecule has 0 bridgehead atoms. The van der Waals surface area contributed by atoms with Crippen LogP contribution in [0, 0.1) is 0 Å². The fourth-order valence-corrected chi connectivity index (χ4v) is 2.86. The quantitative estimate of drug-likeness (QED) is 0.219. The molecule has 2 nitrogen and oxygen atoms in total. The number of unbranched alkanes of at least 4 members (excludes halogenated alkanes) is 14. The Bertz CT molecular complexity index is 248. The van der Waals surface area contributed by atoms with Gasteiger partial charge in [-0.3, -0.25) is 9.59 Å². The largest absolute Gasteiger partial charge is 0.299 e. The monoisotopic (exact) mass is 309 g/mol. The van der Waals surface area contributed by atoms with Crippen LogP contribution in [0.4, 0.5) is 0 Å². The summed E-state index contributed by atoms with van der Waals surface area (Å²) < 4.78 is 0. The molecule has 0 heterocycles. The molecule has 1 radical (unpaired) electrons. The molecule has 0 rings (SSSR count). The highest BCUT2D eigenvalue weighted by Gasteiger charge is 2.00. The maximum Gasteiger partial charge on any atom is 0.206 e. The number of hydrogen-bond donors (Lipinski definition) is 0. The third-order valence-corrected chi connectivity index (χ3v) is 4.33. The van der Waals surface area contributed by atoms with Gasteiger partial charge in [-0.2, -0.15) is 0 Å². The van der Waals surface area contributed by atoms with Gasteiger partial charge in [0.25, 0.3) is 0 Å². The highest BCUT2D eigenvalue weighted by molar-refractivity contribution is 5.89. The first-order chi connectivity index (χ1) is 10.8. The van der Waals surface area contributed by atoms with E-state index >= 15 is 0 Å². The number of Topliss-reactive ketones (excluding diaryl/α,β-unsaturated/α-hetero) is 1. The Morgan fingerprint density at radius 1 is 0.636 bits per heavy atom. The molecule has 0 spiro atoms. The lowest BCUT2D eigenvalue weighted by atomic mass is 10.0. The lowest BCUT2D eigenvalue weighted by Crippen LogP contribution is -1.97. The smallest absolute Gasteiger partial charge is 0.206 e. The molecular formula is C20H37O2. The van der Waals surface area contributed by atoms with Crippen LogP contribution < -0.4 is 0 Å². The van der Waals surface area contributed by atoms with Crippen LogP contribution in [-0.4, -0.2) is 12.1 Å². The average Bonchev–Trinajstić information content (AvgIpc) is 2.51. The summed E-state index contributed by atoms with van der Waals surface area (Å²) in [5, 5.41) is 0. The van der Waals surface area contributed by atoms with E-state index in [4.69, 9.17) is 0 Å². The molecule has 2 heteroatoms. The van der Waals surface area contributed by atoms with E-state index in [1.165, 1.54) is 83.5 Å². The second-order valence-corrected chi connectivity index (χ2v) is 6.56. The van der Waals surface area contributed by atoms with Crippen LogP contribution >= 0.6 is 0 Å². The summed E-state index contributed by atoms with van der Waals surface area (Å²) in [6.45, 7) is 2.27. The normalized spacial score (nSPS) is 10.8. The zero-order valence-corrected chi connectivity index (χ0v) is 14.8. The van der Waals surface area contributed by atoms with Crippen molar-refractivity contribution in [2.45, 2.75) is 116 Å². The zero-order chi connectivity index (χ0) is 16.3. The van der Waals surface area contributed by atoms with Crippen molar-refractivity contribution in [2.75, 3.05) is 0 Å². The summed E-state index contributed by atoms with van der Waals surface area (Å²) >= 11 is 0. The van der Waals surface area contributed by atoms with E-state index in [2.05, 4.69) is 6.92 Å². The molecule has 0 aliphatic heterocycles. The molecule has 0 aliphatic carbocycles. The van der Waals surface area contributed by atoms with E-state index in [0.29, 0.717) is 6.42 Å². The summed E-state index contributed by atoms with van der Waals surface area (Å²) in [4.78, 5) is 21.1. The van der Waals surface area contributed by atoms with Crippen molar-refractivity contribution in [3.05, 3.63) is 0 Å². The Labute approximate surface area is 138 Å². The average molecular weight is 310 g/mol. The number of rotatable bonds is 18. The molecule has 0 aromatic rings. The number of hydrogen-bond acceptors (Lipinski definition) is 2. The van der Waals surface area contributed by atoms with E-state index in [1.54, 1.807) is 6.29 Å². The van der Waals surface area contributed by atoms with Crippen LogP contribution in [0.15, 0.2) is 0 Å². The zero-order valence-electron chi connectivity index (χ0n) is 14.8. The minimum absolute atomic E-state index is 0.0153. The van der Waals surface area contributed by atoms with Gasteiger partial charge in [0.05, 0.1) is 6.42 Å². The Morgan fingerprint density at radius 2 is 1.00 bits per heavy atom. The summed E-state index contributed by atoms with van der Waals surface area (Å²) in [5.74, 6) is 0.0460. The van der Waals surface area contributed by atoms with Crippen molar-refractivity contribution < 1.29 is 9.59 Å². The van der Waals surface area contributed by atoms with E-state index < -0.39 is 0 Å². The fraction of sp³-hybridized carbons (Fsp3) is 0.900. The molecule has 0 unspecified atom stereocenters. The topological polar surface area (TPSA) is 34.1 Å². The Kier molecular flexibility index (Phi) is 17.8. The first-order valence-electron chi connectivity index (χ1n) is 9.68. The number of carbonyl (C=O) groups is 1. The first kappa shape index (κ1) is 21.3. The van der Waals surface area contributed by atoms with Gasteiger partial charge < -0.3 is 0 Å². The molecule has 22 heavy (non-hydrogen) atoms. The summed E-state index contributed by atoms with van der Waals surface area (Å²) in [5.41, 5.74) is 0. The van der Waals surface area contributed by atoms with Gasteiger partial charge in [-0.25, -0.2) is 0 Å². The van der Waals surface area contributed by atoms with Gasteiger partial charge in [-0.05, 0) is 6.42 Å². The molecule has 0 N–H and O–H groups in total. The van der Waals surface area contributed by atoms with Gasteiger partial charge in [0.2, 0.25) is 6.29 Å². The maximum absolute atomic E-state index is 11.1. The van der Waals surface area contributed by atoms with E-state index in [-0.39, 0.29) is 12.2 Å². The van der Waals surface area contributed by atoms with Crippen LogP contribution in [0.2, 0.25) is 0 Å². The van der Waals surface area contributed by atoms with Crippen LogP contribution in [0.25, 0.3) is 0 Å². The van der Waals surface area contributed by atoms with Gasteiger partial charge in [0, 0.05) is 6.42 Å². The predicted octanol–water partition coefficient (Wildman–Crippen LogP) is 6.32. The molecule has 0 saturated carbocycles. The van der Waals surface area contributed by atoms with E-state index in [1.807, 2.05) is 0 Å². The van der Waals surface area contributed by atoms with Crippen LogP contribution in [0.1, 0.15) is 116 Å². The Hall–Kier alpha value is -0.660. The van der Waals surface area contributed by atoms with Gasteiger partial charge >= 0.3 is 0 Å². The van der Waals surface area contributed by atoms with Gasteiger partial charge in [0.15, 0.2) is 0 Å². The van der Waals surface area contributed by atoms with Crippen LogP contribution in [0.5, 0.6) is 0 Å². The van der Waals surface area contributed by atoms with Crippen molar-refractivity contribution in [1.82, 2.24) is 0 Å². The summed E-state index contributed by atoms with van der Waals surface area (Å²) in [7, 11) is 0. The van der Waals surface area contributed by atoms with Crippen molar-refractivity contribution in [2.24, 2.45) is 0 Å². The molecule has 0 atom stereocenters. The molecule has 0 amide bonds. The minimum atomic E-state index is -0.0153. The molecule has 0 aliphatic rings. The van der Waals surface area contributed by atoms with Crippen molar-refractivity contribution in [3.63, 3.8) is 0 Å². The minimum Gasteiger partial charge on any atom is -0.299 e. The molecule has 0 aromatic heterocycles. The van der Waals surface area contributed by atoms with Crippen LogP contribution in [-0.2, 0) is 9.59 Å². The fourth-order valence-electron chi connectivity index (χ4n) is 2.86. The lowest BCUT2D eigenvalue weighted by molar-refractivity contribution is -0.118. The molecule has 129 valence electrons. The maximum atomic E-state index is 11.1. The second kappa shape index (κ2) is 18.4. The SMILES string of the molecule is CCCCCCCCCCCCCCCCCC(=O)C[C]=O. The van der Waals surface area contributed by atoms with E-state index in [0.717, 1.165) is 12.8 Å². The van der Waals surface area contributed by atoms with E-state index in [9.17, 15) is 9.59 Å². The molecule has 0 aromatic carbocycles. The predicted molar refractivity (Wildman–Crippen MR) is 94.9 cm³/mol. The Balaban J connectivity index is 3.02. The highest BCUT2D eigenvalue weighted by atomic mass is 16.1. The Morgan fingerprint density at radius 3 is 1.36 bits per heavy atom. The van der Waals surface area contributed by atoms with Gasteiger partial charge in [0.1, 0.15) is 5.78 Å². The van der Waals surface area contributed by atoms with Gasteiger partial charge in [-0.1, -0.05) is 96.8 Å². The highest BCUT2D eigenvalue weighted by Crippen LogP contribution is 2.13. The molecule has 0 fully saturated rings. The van der Waals surface area contributed by atoms with Crippen LogP contribution in [0.3, 0.4) is 0 Å². The third kappa shape index (κ3) is 17.4. The summed E-state index contributed by atoms with van der Waals surface area (Å²) in [6.07, 6.45) is 22.2. The van der Waals surface area contributed by atoms with Crippen molar-refractivity contribution in [1.29, 1.82) is 0 Å². The second-order valence-electron chi connectivity index (χ2n) is 6.56. The molecular weight excluding hydrogens is 272 g/mol. The standard InChI is InChI=1S/C20H37O2/c1-2-3-4-5-6-7-8-9-10-11-12-13-14-15-16-17-20(22)18-19-21/h2-18H2,1H3. The third-order valence-electron chi connectivity index (χ3n) is 4.33. The van der Waals surface area contributed by atoms with Gasteiger partial charge in [-0.15, -0.1) is 0 Å². The first-order valence-corrected chi connectivity index (χ1v) is 9.68. The summed E-state index contributed by atoms with van der Waals surface area (Å²) in [6, 6.07) is 0. The van der Waals surface area contributed by atoms with Crippen molar-refractivity contribution in [3.8, 4) is 0 Å². The number of ketones is 1. The lowest BCUT2D eigenvalue weighted by Gasteiger charge is -2.03. The molecule has 0 saturated heterocycles. The van der Waals surface area contributed by atoms with Crippen molar-refractivity contribution >= 4 is 12.1 Å². The number of carbonyl (C=O) groups excluding carboxylic acids is 2.